The van der Waals surface area contributed by atoms with E-state index in [0.717, 1.165) is 5.56 Å². The van der Waals surface area contributed by atoms with Crippen LogP contribution in [-0.2, 0) is 16.2 Å². The predicted molar refractivity (Wildman–Crippen MR) is 101 cm³/mol. The Hall–Kier alpha value is -4.01. The third-order valence-electron chi connectivity index (χ3n) is 4.08. The number of anilines is 1. The molecule has 4 rings (SSSR count). The number of ether oxygens (including phenoxy) is 4. The van der Waals surface area contributed by atoms with Gasteiger partial charge in [-0.3, -0.25) is 14.9 Å². The van der Waals surface area contributed by atoms with Crippen molar-refractivity contribution in [2.45, 2.75) is 12.7 Å². The Bertz CT molecular complexity index is 1000. The average Bonchev–Trinajstić information content (AvgIpc) is 3.19. The van der Waals surface area contributed by atoms with Gasteiger partial charge in [0.1, 0.15) is 19.0 Å². The van der Waals surface area contributed by atoms with Crippen LogP contribution in [0.2, 0.25) is 0 Å². The Kier molecular flexibility index (Phi) is 5.28. The molecule has 0 saturated carbocycles. The summed E-state index contributed by atoms with van der Waals surface area (Å²) in [4.78, 5) is 29.3. The van der Waals surface area contributed by atoms with Gasteiger partial charge in [-0.1, -0.05) is 30.3 Å². The number of imidazole rings is 1. The van der Waals surface area contributed by atoms with E-state index < -0.39 is 12.0 Å². The highest BCUT2D eigenvalue weighted by atomic mass is 16.6. The van der Waals surface area contributed by atoms with Crippen LogP contribution in [0.3, 0.4) is 0 Å². The maximum Gasteiger partial charge on any atom is 0.299 e. The molecule has 1 aromatic heterocycles. The summed E-state index contributed by atoms with van der Waals surface area (Å²) in [6, 6.07) is 15.0. The number of nitrogens with one attached hydrogen (secondary N) is 2. The summed E-state index contributed by atoms with van der Waals surface area (Å²) in [7, 11) is 0. The molecule has 0 aliphatic carbocycles. The normalized spacial score (nSPS) is 14.7. The number of benzene rings is 2. The Morgan fingerprint density at radius 1 is 1.24 bits per heavy atom. The number of nitrogens with zero attached hydrogens (tertiary/aromatic N) is 1. The maximum absolute atomic E-state index is 12.4. The van der Waals surface area contributed by atoms with Crippen LogP contribution in [0.1, 0.15) is 5.56 Å². The fourth-order valence-electron chi connectivity index (χ4n) is 2.69. The van der Waals surface area contributed by atoms with Crippen LogP contribution in [0.15, 0.2) is 54.7 Å². The molecule has 1 aliphatic rings. The molecule has 1 unspecified atom stereocenters. The third kappa shape index (κ3) is 4.46. The van der Waals surface area contributed by atoms with E-state index in [4.69, 9.17) is 14.2 Å². The topological polar surface area (TPSA) is 112 Å². The minimum absolute atomic E-state index is 0.0431. The van der Waals surface area contributed by atoms with Crippen molar-refractivity contribution in [2.75, 3.05) is 11.9 Å². The number of hydrogen-bond acceptors (Lipinski definition) is 7. The van der Waals surface area contributed by atoms with Gasteiger partial charge in [0.05, 0.1) is 6.20 Å². The zero-order valence-electron chi connectivity index (χ0n) is 15.2. The summed E-state index contributed by atoms with van der Waals surface area (Å²) in [6.45, 7) is 0.698. The lowest BCUT2D eigenvalue weighted by atomic mass is 10.2. The monoisotopic (exact) mass is 395 g/mol. The highest BCUT2D eigenvalue weighted by Crippen LogP contribution is 2.35. The average molecular weight is 395 g/mol. The molecule has 0 spiro atoms. The van der Waals surface area contributed by atoms with Gasteiger partial charge in [-0.25, -0.2) is 0 Å². The number of hydrogen-bond donors (Lipinski definition) is 2. The molecule has 3 aromatic rings. The fourth-order valence-corrected chi connectivity index (χ4v) is 2.69. The lowest BCUT2D eigenvalue weighted by Crippen LogP contribution is -2.40. The smallest absolute Gasteiger partial charge is 0.299 e. The van der Waals surface area contributed by atoms with Crippen molar-refractivity contribution in [1.82, 2.24) is 9.97 Å². The predicted octanol–water partition coefficient (Wildman–Crippen LogP) is 2.30. The van der Waals surface area contributed by atoms with E-state index in [9.17, 15) is 9.59 Å². The van der Waals surface area contributed by atoms with Crippen molar-refractivity contribution >= 4 is 18.3 Å². The van der Waals surface area contributed by atoms with Gasteiger partial charge in [0.15, 0.2) is 11.5 Å². The Morgan fingerprint density at radius 3 is 2.93 bits per heavy atom. The molecular weight excluding hydrogens is 378 g/mol. The second-order valence-corrected chi connectivity index (χ2v) is 6.09. The zero-order valence-corrected chi connectivity index (χ0v) is 15.2. The molecule has 0 radical (unpaired) electrons. The molecule has 2 heterocycles. The molecule has 0 bridgehead atoms. The first kappa shape index (κ1) is 18.4. The molecule has 148 valence electrons. The first-order chi connectivity index (χ1) is 14.2. The summed E-state index contributed by atoms with van der Waals surface area (Å²) in [5, 5.41) is 2.54. The van der Waals surface area contributed by atoms with Gasteiger partial charge in [-0.05, 0) is 17.7 Å². The highest BCUT2D eigenvalue weighted by molar-refractivity contribution is 5.93. The van der Waals surface area contributed by atoms with Crippen LogP contribution in [0, 0.1) is 0 Å². The summed E-state index contributed by atoms with van der Waals surface area (Å²) < 4.78 is 21.7. The molecular formula is C20H17N3O6. The van der Waals surface area contributed by atoms with Gasteiger partial charge in [0, 0.05) is 6.07 Å². The van der Waals surface area contributed by atoms with E-state index in [1.807, 2.05) is 30.3 Å². The first-order valence-electron chi connectivity index (χ1n) is 8.78. The van der Waals surface area contributed by atoms with Crippen LogP contribution in [-0.4, -0.2) is 35.1 Å². The standard InChI is InChI=1S/C20H17N3O6/c24-12-28-18-9-21-20(22-18)23-19(25)17-11-27-15-7-6-14(8-16(15)29-17)26-10-13-4-2-1-3-5-13/h1-9,12,17H,10-11H2,(H2,21,22,23,25). The first-order valence-corrected chi connectivity index (χ1v) is 8.78. The minimum atomic E-state index is -0.882. The zero-order chi connectivity index (χ0) is 20.1. The molecule has 1 atom stereocenters. The molecule has 2 N–H and O–H groups in total. The van der Waals surface area contributed by atoms with Gasteiger partial charge in [-0.2, -0.15) is 4.98 Å². The number of aromatic nitrogens is 2. The van der Waals surface area contributed by atoms with Crippen molar-refractivity contribution in [3.63, 3.8) is 0 Å². The van der Waals surface area contributed by atoms with E-state index in [-0.39, 0.29) is 24.9 Å². The highest BCUT2D eigenvalue weighted by Gasteiger charge is 2.28. The summed E-state index contributed by atoms with van der Waals surface area (Å²) in [5.74, 6) is 1.24. The lowest BCUT2D eigenvalue weighted by Gasteiger charge is -2.25. The van der Waals surface area contributed by atoms with Crippen LogP contribution in [0.25, 0.3) is 0 Å². The largest absolute Gasteiger partial charge is 0.489 e. The molecule has 29 heavy (non-hydrogen) atoms. The second-order valence-electron chi connectivity index (χ2n) is 6.09. The van der Waals surface area contributed by atoms with Crippen LogP contribution < -0.4 is 24.3 Å². The van der Waals surface area contributed by atoms with E-state index >= 15 is 0 Å². The van der Waals surface area contributed by atoms with Crippen molar-refractivity contribution in [3.05, 3.63) is 60.3 Å². The number of H-pyrrole nitrogens is 1. The second kappa shape index (κ2) is 8.34. The Balaban J connectivity index is 1.38. The van der Waals surface area contributed by atoms with Crippen molar-refractivity contribution in [1.29, 1.82) is 0 Å². The molecule has 9 heteroatoms. The van der Waals surface area contributed by atoms with E-state index in [1.165, 1.54) is 6.20 Å². The van der Waals surface area contributed by atoms with Crippen molar-refractivity contribution in [2.24, 2.45) is 0 Å². The lowest BCUT2D eigenvalue weighted by molar-refractivity contribution is -0.125. The van der Waals surface area contributed by atoms with Gasteiger partial charge in [0.25, 0.3) is 12.4 Å². The van der Waals surface area contributed by atoms with Crippen LogP contribution in [0.4, 0.5) is 5.95 Å². The van der Waals surface area contributed by atoms with Crippen LogP contribution >= 0.6 is 0 Å². The maximum atomic E-state index is 12.4. The Morgan fingerprint density at radius 2 is 2.10 bits per heavy atom. The summed E-state index contributed by atoms with van der Waals surface area (Å²) in [6.07, 6.45) is 0.459. The number of fused-ring (bicyclic) bond motifs is 1. The molecule has 0 fully saturated rings. The number of aromatic amines is 1. The number of rotatable bonds is 7. The minimum Gasteiger partial charge on any atom is -0.489 e. The van der Waals surface area contributed by atoms with E-state index in [2.05, 4.69) is 20.0 Å². The van der Waals surface area contributed by atoms with Gasteiger partial charge < -0.3 is 23.9 Å². The number of carbonyl (C=O) groups is 2. The van der Waals surface area contributed by atoms with Gasteiger partial charge in [0.2, 0.25) is 17.9 Å². The molecule has 1 aliphatic heterocycles. The molecule has 2 aromatic carbocycles. The van der Waals surface area contributed by atoms with Gasteiger partial charge in [-0.15, -0.1) is 0 Å². The van der Waals surface area contributed by atoms with Gasteiger partial charge >= 0.3 is 0 Å². The van der Waals surface area contributed by atoms with Crippen molar-refractivity contribution in [3.8, 4) is 23.1 Å². The van der Waals surface area contributed by atoms with E-state index in [0.29, 0.717) is 23.9 Å². The third-order valence-corrected chi connectivity index (χ3v) is 4.08. The quantitative estimate of drug-likeness (QED) is 0.591. The molecule has 1 amide bonds. The fraction of sp³-hybridized carbons (Fsp3) is 0.150. The number of amides is 1. The summed E-state index contributed by atoms with van der Waals surface area (Å²) in [5.41, 5.74) is 1.04. The molecule has 0 saturated heterocycles. The SMILES string of the molecule is O=COc1c[nH]c(NC(=O)C2COc3ccc(OCc4ccccc4)cc3O2)n1. The molecule has 9 nitrogen and oxygen atoms in total. The van der Waals surface area contributed by atoms with Crippen molar-refractivity contribution < 1.29 is 28.5 Å². The number of carbonyl (C=O) groups excluding carboxylic acids is 2. The van der Waals surface area contributed by atoms with Crippen LogP contribution in [0.5, 0.6) is 23.1 Å². The Labute approximate surface area is 165 Å². The van der Waals surface area contributed by atoms with E-state index in [1.54, 1.807) is 18.2 Å². The summed E-state index contributed by atoms with van der Waals surface area (Å²) >= 11 is 0.